The Labute approximate surface area is 258 Å². The predicted molar refractivity (Wildman–Crippen MR) is 166 cm³/mol. The lowest BCUT2D eigenvalue weighted by molar-refractivity contribution is -0.128. The molecule has 0 radical (unpaired) electrons. The van der Waals surface area contributed by atoms with Gasteiger partial charge in [0.05, 0.1) is 11.4 Å². The number of hydrogen-bond acceptors (Lipinski definition) is 8. The van der Waals surface area contributed by atoms with Gasteiger partial charge < -0.3 is 19.6 Å². The van der Waals surface area contributed by atoms with Crippen molar-refractivity contribution in [3.8, 4) is 11.3 Å². The van der Waals surface area contributed by atoms with E-state index < -0.39 is 26.6 Å². The van der Waals surface area contributed by atoms with Crippen LogP contribution < -0.4 is 9.79 Å². The zero-order valence-corrected chi connectivity index (χ0v) is 25.0. The Kier molecular flexibility index (Phi) is 8.71. The molecule has 1 aliphatic heterocycles. The number of carbonyl (C=O) groups is 1. The van der Waals surface area contributed by atoms with E-state index >= 15 is 0 Å². The molecule has 0 spiro atoms. The quantitative estimate of drug-likeness (QED) is 0.134. The standard InChI is InChI=1S/C32H30F2N6O4S/c33-25-5-11-31(28(34)19-25)45(42,43)40(44-22-41)27-8-6-26(7-9-27)37-32-20-29(35-21-36-32)23-4-10-30-24(18-23)12-17-39(30)16-3-15-38-13-1-2-14-38/h4-12,17-22H,1-3,13-16H2,(H,35,36,37). The first-order chi connectivity index (χ1) is 21.8. The largest absolute Gasteiger partial charge is 0.347 e. The van der Waals surface area contributed by atoms with Gasteiger partial charge in [0.25, 0.3) is 10.0 Å². The summed E-state index contributed by atoms with van der Waals surface area (Å²) in [6.07, 6.45) is 7.28. The molecule has 1 saturated heterocycles. The van der Waals surface area contributed by atoms with Crippen molar-refractivity contribution in [2.75, 3.05) is 29.4 Å². The Morgan fingerprint density at radius 3 is 2.49 bits per heavy atom. The van der Waals surface area contributed by atoms with Gasteiger partial charge in [-0.1, -0.05) is 10.5 Å². The van der Waals surface area contributed by atoms with Gasteiger partial charge in [0.15, 0.2) is 0 Å². The van der Waals surface area contributed by atoms with E-state index in [-0.39, 0.29) is 16.6 Å². The first-order valence-electron chi connectivity index (χ1n) is 14.4. The predicted octanol–water partition coefficient (Wildman–Crippen LogP) is 5.89. The summed E-state index contributed by atoms with van der Waals surface area (Å²) in [4.78, 5) is 26.2. The van der Waals surface area contributed by atoms with Crippen LogP contribution in [0.3, 0.4) is 0 Å². The third-order valence-electron chi connectivity index (χ3n) is 7.69. The van der Waals surface area contributed by atoms with E-state index in [1.165, 1.54) is 62.0 Å². The fourth-order valence-electron chi connectivity index (χ4n) is 5.49. The summed E-state index contributed by atoms with van der Waals surface area (Å²) < 4.78 is 56.2. The third kappa shape index (κ3) is 6.64. The van der Waals surface area contributed by atoms with Gasteiger partial charge in [0.1, 0.15) is 28.7 Å². The third-order valence-corrected chi connectivity index (χ3v) is 9.31. The van der Waals surface area contributed by atoms with Crippen molar-refractivity contribution in [1.82, 2.24) is 19.4 Å². The second-order valence-corrected chi connectivity index (χ2v) is 12.4. The maximum absolute atomic E-state index is 14.3. The number of fused-ring (bicyclic) bond motifs is 1. The molecule has 45 heavy (non-hydrogen) atoms. The van der Waals surface area contributed by atoms with Gasteiger partial charge in [-0.15, -0.1) is 0 Å². The Hall–Kier alpha value is -4.88. The van der Waals surface area contributed by atoms with E-state index in [2.05, 4.69) is 54.0 Å². The molecule has 0 aliphatic carbocycles. The molecule has 0 saturated carbocycles. The van der Waals surface area contributed by atoms with E-state index in [9.17, 15) is 22.0 Å². The number of likely N-dealkylation sites (tertiary alicyclic amines) is 1. The van der Waals surface area contributed by atoms with Crippen LogP contribution in [0.25, 0.3) is 22.2 Å². The van der Waals surface area contributed by atoms with Crippen molar-refractivity contribution < 1.29 is 26.8 Å². The van der Waals surface area contributed by atoms with Crippen LogP contribution in [0.15, 0.2) is 90.2 Å². The molecule has 13 heteroatoms. The van der Waals surface area contributed by atoms with Crippen molar-refractivity contribution in [3.63, 3.8) is 0 Å². The molecule has 6 rings (SSSR count). The smallest absolute Gasteiger partial charge is 0.322 e. The maximum Gasteiger partial charge on any atom is 0.322 e. The highest BCUT2D eigenvalue weighted by molar-refractivity contribution is 7.92. The molecule has 5 aromatic rings. The molecule has 0 atom stereocenters. The molecule has 0 unspecified atom stereocenters. The number of sulfonamides is 1. The van der Waals surface area contributed by atoms with Crippen molar-refractivity contribution in [1.29, 1.82) is 0 Å². The number of benzene rings is 3. The highest BCUT2D eigenvalue weighted by Gasteiger charge is 2.30. The zero-order valence-electron chi connectivity index (χ0n) is 24.1. The number of aryl methyl sites for hydroxylation is 1. The molecule has 3 heterocycles. The summed E-state index contributed by atoms with van der Waals surface area (Å²) in [5.74, 6) is -1.78. The summed E-state index contributed by atoms with van der Waals surface area (Å²) in [6, 6.07) is 17.9. The molecule has 232 valence electrons. The molecule has 1 fully saturated rings. The lowest BCUT2D eigenvalue weighted by Gasteiger charge is -2.21. The second kappa shape index (κ2) is 13.0. The SMILES string of the molecule is O=CON(c1ccc(Nc2cc(-c3ccc4c(ccn4CCCN4CCCC4)c3)ncn2)cc1)S(=O)(=O)c1ccc(F)cc1F. The normalized spacial score (nSPS) is 13.6. The molecule has 0 bridgehead atoms. The summed E-state index contributed by atoms with van der Waals surface area (Å²) in [6.45, 7) is 4.40. The van der Waals surface area contributed by atoms with Crippen molar-refractivity contribution in [2.24, 2.45) is 0 Å². The molecule has 2 aromatic heterocycles. The first-order valence-corrected chi connectivity index (χ1v) is 15.9. The van der Waals surface area contributed by atoms with Crippen LogP contribution in [0, 0.1) is 11.6 Å². The average Bonchev–Trinajstić information content (AvgIpc) is 3.70. The van der Waals surface area contributed by atoms with E-state index in [0.717, 1.165) is 42.6 Å². The van der Waals surface area contributed by atoms with Crippen LogP contribution in [0.2, 0.25) is 0 Å². The molecular formula is C32H30F2N6O4S. The minimum absolute atomic E-state index is 0.0870. The average molecular weight is 633 g/mol. The monoisotopic (exact) mass is 632 g/mol. The first kappa shape index (κ1) is 30.2. The Morgan fingerprint density at radius 2 is 1.73 bits per heavy atom. The number of halogens is 2. The fraction of sp³-hybridized carbons (Fsp3) is 0.219. The lowest BCUT2D eigenvalue weighted by Crippen LogP contribution is -2.31. The summed E-state index contributed by atoms with van der Waals surface area (Å²) in [5, 5.41) is 4.27. The van der Waals surface area contributed by atoms with Gasteiger partial charge in [-0.05, 0) is 93.5 Å². The lowest BCUT2D eigenvalue weighted by atomic mass is 10.1. The Bertz CT molecular complexity index is 1930. The highest BCUT2D eigenvalue weighted by Crippen LogP contribution is 2.29. The molecule has 3 aromatic carbocycles. The summed E-state index contributed by atoms with van der Waals surface area (Å²) in [7, 11) is -4.70. The number of carbonyl (C=O) groups excluding carboxylic acids is 1. The van der Waals surface area contributed by atoms with Gasteiger partial charge in [-0.25, -0.2) is 18.7 Å². The Balaban J connectivity index is 1.15. The zero-order chi connectivity index (χ0) is 31.4. The number of aromatic nitrogens is 3. The van der Waals surface area contributed by atoms with Crippen LogP contribution in [0.5, 0.6) is 0 Å². The van der Waals surface area contributed by atoms with E-state index in [1.54, 1.807) is 6.07 Å². The summed E-state index contributed by atoms with van der Waals surface area (Å²) in [5.41, 5.74) is 3.27. The molecule has 1 aliphatic rings. The number of rotatable bonds is 12. The van der Waals surface area contributed by atoms with E-state index in [1.807, 2.05) is 6.07 Å². The second-order valence-electron chi connectivity index (χ2n) is 10.7. The molecule has 10 nitrogen and oxygen atoms in total. The highest BCUT2D eigenvalue weighted by atomic mass is 32.2. The van der Waals surface area contributed by atoms with Crippen molar-refractivity contribution >= 4 is 44.6 Å². The molecule has 0 amide bonds. The fourth-order valence-corrected chi connectivity index (χ4v) is 6.76. The van der Waals surface area contributed by atoms with E-state index in [4.69, 9.17) is 0 Å². The van der Waals surface area contributed by atoms with E-state index in [0.29, 0.717) is 23.3 Å². The maximum atomic E-state index is 14.3. The molecule has 1 N–H and O–H groups in total. The van der Waals surface area contributed by atoms with Gasteiger partial charge in [-0.2, -0.15) is 8.42 Å². The van der Waals surface area contributed by atoms with Gasteiger partial charge in [0, 0.05) is 47.0 Å². The van der Waals surface area contributed by atoms with Gasteiger partial charge >= 0.3 is 6.47 Å². The topological polar surface area (TPSA) is 110 Å². The number of hydrogen-bond donors (Lipinski definition) is 1. The number of anilines is 3. The van der Waals surface area contributed by atoms with Crippen LogP contribution >= 0.6 is 0 Å². The molecular weight excluding hydrogens is 602 g/mol. The minimum atomic E-state index is -4.70. The van der Waals surface area contributed by atoms with Crippen LogP contribution in [0.1, 0.15) is 19.3 Å². The van der Waals surface area contributed by atoms with Crippen molar-refractivity contribution in [2.45, 2.75) is 30.7 Å². The van der Waals surface area contributed by atoms with Crippen LogP contribution in [-0.2, 0) is 26.2 Å². The van der Waals surface area contributed by atoms with Crippen LogP contribution in [-0.4, -0.2) is 54.0 Å². The van der Waals surface area contributed by atoms with Gasteiger partial charge in [-0.3, -0.25) is 4.79 Å². The Morgan fingerprint density at radius 1 is 0.933 bits per heavy atom. The van der Waals surface area contributed by atoms with Gasteiger partial charge in [0.2, 0.25) is 0 Å². The minimum Gasteiger partial charge on any atom is -0.347 e. The number of nitrogens with zero attached hydrogens (tertiary/aromatic N) is 5. The van der Waals surface area contributed by atoms with Crippen molar-refractivity contribution in [3.05, 3.63) is 97.0 Å². The summed E-state index contributed by atoms with van der Waals surface area (Å²) >= 11 is 0. The number of nitrogens with one attached hydrogen (secondary N) is 1. The van der Waals surface area contributed by atoms with Crippen LogP contribution in [0.4, 0.5) is 26.0 Å².